The first-order chi connectivity index (χ1) is 13.8. The second kappa shape index (κ2) is 7.43. The number of anilines is 1. The van der Waals surface area contributed by atoms with Gasteiger partial charge in [0.05, 0.1) is 11.3 Å². The molecule has 0 aromatic carbocycles. The average Bonchev–Trinajstić information content (AvgIpc) is 3.26. The zero-order valence-electron chi connectivity index (χ0n) is 16.4. The first kappa shape index (κ1) is 19.3. The van der Waals surface area contributed by atoms with Gasteiger partial charge in [0.2, 0.25) is 11.6 Å². The molecule has 0 unspecified atom stereocenters. The summed E-state index contributed by atoms with van der Waals surface area (Å²) in [5.74, 6) is -0.144. The van der Waals surface area contributed by atoms with E-state index in [9.17, 15) is 14.4 Å². The van der Waals surface area contributed by atoms with Crippen molar-refractivity contribution in [3.63, 3.8) is 0 Å². The number of amides is 2. The van der Waals surface area contributed by atoms with Crippen LogP contribution in [0.25, 0.3) is 11.1 Å². The lowest BCUT2D eigenvalue weighted by Gasteiger charge is -2.31. The van der Waals surface area contributed by atoms with Crippen molar-refractivity contribution in [3.05, 3.63) is 39.1 Å². The van der Waals surface area contributed by atoms with Gasteiger partial charge in [0, 0.05) is 31.4 Å². The van der Waals surface area contributed by atoms with Crippen LogP contribution in [-0.4, -0.2) is 44.3 Å². The Bertz CT molecular complexity index is 1150. The van der Waals surface area contributed by atoms with Crippen LogP contribution in [-0.2, 0) is 11.8 Å². The summed E-state index contributed by atoms with van der Waals surface area (Å²) in [7, 11) is 1.58. The molecule has 1 aliphatic rings. The van der Waals surface area contributed by atoms with Crippen LogP contribution in [0.15, 0.2) is 20.9 Å². The SMILES string of the molecule is Cc1csc(NC(=O)C2CCN(C(=O)c3c(C)oc4ncn(C)c(=O)c34)CC2)n1. The van der Waals surface area contributed by atoms with E-state index in [-0.39, 0.29) is 40.0 Å². The van der Waals surface area contributed by atoms with E-state index >= 15 is 0 Å². The number of nitrogens with one attached hydrogen (secondary N) is 1. The van der Waals surface area contributed by atoms with Crippen molar-refractivity contribution in [2.24, 2.45) is 13.0 Å². The van der Waals surface area contributed by atoms with Gasteiger partial charge in [0.1, 0.15) is 17.5 Å². The minimum Gasteiger partial charge on any atom is -0.442 e. The van der Waals surface area contributed by atoms with Crippen molar-refractivity contribution in [2.45, 2.75) is 26.7 Å². The van der Waals surface area contributed by atoms with E-state index in [4.69, 9.17) is 4.42 Å². The second-order valence-electron chi connectivity index (χ2n) is 7.22. The highest BCUT2D eigenvalue weighted by Gasteiger charge is 2.31. The number of aryl methyl sites for hydroxylation is 3. The number of thiazole rings is 1. The molecule has 0 spiro atoms. The van der Waals surface area contributed by atoms with E-state index in [1.807, 2.05) is 12.3 Å². The van der Waals surface area contributed by atoms with E-state index < -0.39 is 0 Å². The van der Waals surface area contributed by atoms with Gasteiger partial charge in [-0.15, -0.1) is 11.3 Å². The number of likely N-dealkylation sites (tertiary alicyclic amines) is 1. The maximum absolute atomic E-state index is 13.1. The first-order valence-corrected chi connectivity index (χ1v) is 10.2. The number of carbonyl (C=O) groups is 2. The number of fused-ring (bicyclic) bond motifs is 1. The number of rotatable bonds is 3. The first-order valence-electron chi connectivity index (χ1n) is 9.32. The molecule has 29 heavy (non-hydrogen) atoms. The third kappa shape index (κ3) is 3.55. The molecular formula is C19H21N5O4S. The Labute approximate surface area is 170 Å². The van der Waals surface area contributed by atoms with E-state index in [0.717, 1.165) is 5.69 Å². The van der Waals surface area contributed by atoms with Crippen LogP contribution in [0, 0.1) is 19.8 Å². The fourth-order valence-corrected chi connectivity index (χ4v) is 4.26. The molecule has 0 radical (unpaired) electrons. The molecule has 3 aromatic heterocycles. The van der Waals surface area contributed by atoms with Gasteiger partial charge in [-0.2, -0.15) is 0 Å². The number of furan rings is 1. The van der Waals surface area contributed by atoms with Crippen LogP contribution in [0.5, 0.6) is 0 Å². The van der Waals surface area contributed by atoms with Gasteiger partial charge in [-0.3, -0.25) is 14.4 Å². The number of aromatic nitrogens is 3. The molecule has 10 heteroatoms. The molecule has 3 aromatic rings. The zero-order valence-corrected chi connectivity index (χ0v) is 17.2. The standard InChI is InChI=1S/C19H21N5O4S/c1-10-8-29-19(21-10)22-15(25)12-4-6-24(7-5-12)18(27)13-11(2)28-16-14(13)17(26)23(3)9-20-16/h8-9,12H,4-7H2,1-3H3,(H,21,22,25). The lowest BCUT2D eigenvalue weighted by atomic mass is 9.95. The van der Waals surface area contributed by atoms with Crippen molar-refractivity contribution in [2.75, 3.05) is 18.4 Å². The summed E-state index contributed by atoms with van der Waals surface area (Å²) >= 11 is 1.40. The third-order valence-corrected chi connectivity index (χ3v) is 6.04. The van der Waals surface area contributed by atoms with E-state index in [0.29, 0.717) is 36.8 Å². The highest BCUT2D eigenvalue weighted by molar-refractivity contribution is 7.13. The Kier molecular flexibility index (Phi) is 4.95. The summed E-state index contributed by atoms with van der Waals surface area (Å²) < 4.78 is 6.86. The summed E-state index contributed by atoms with van der Waals surface area (Å²) in [6, 6.07) is 0. The van der Waals surface area contributed by atoms with Crippen LogP contribution in [0.3, 0.4) is 0 Å². The van der Waals surface area contributed by atoms with Crippen LogP contribution in [0.2, 0.25) is 0 Å². The van der Waals surface area contributed by atoms with Gasteiger partial charge in [-0.25, -0.2) is 9.97 Å². The molecular weight excluding hydrogens is 394 g/mol. The normalized spacial score (nSPS) is 15.1. The number of piperidine rings is 1. The number of nitrogens with zero attached hydrogens (tertiary/aromatic N) is 4. The molecule has 1 aliphatic heterocycles. The highest BCUT2D eigenvalue weighted by atomic mass is 32.1. The fourth-order valence-electron chi connectivity index (χ4n) is 3.57. The second-order valence-corrected chi connectivity index (χ2v) is 8.08. The van der Waals surface area contributed by atoms with Crippen molar-refractivity contribution >= 4 is 39.4 Å². The maximum atomic E-state index is 13.1. The lowest BCUT2D eigenvalue weighted by molar-refractivity contribution is -0.121. The number of hydrogen-bond donors (Lipinski definition) is 1. The molecule has 0 bridgehead atoms. The summed E-state index contributed by atoms with van der Waals surface area (Å²) in [6.45, 7) is 4.40. The molecule has 0 saturated carbocycles. The fraction of sp³-hybridized carbons (Fsp3) is 0.421. The predicted molar refractivity (Wildman–Crippen MR) is 108 cm³/mol. The van der Waals surface area contributed by atoms with E-state index in [1.165, 1.54) is 22.2 Å². The Morgan fingerprint density at radius 2 is 2.00 bits per heavy atom. The van der Waals surface area contributed by atoms with Crippen LogP contribution in [0.1, 0.15) is 34.7 Å². The summed E-state index contributed by atoms with van der Waals surface area (Å²) in [6.07, 6.45) is 2.47. The highest BCUT2D eigenvalue weighted by Crippen LogP contribution is 2.26. The molecule has 1 saturated heterocycles. The van der Waals surface area contributed by atoms with Gasteiger partial charge in [0.15, 0.2) is 5.13 Å². The Balaban J connectivity index is 1.48. The van der Waals surface area contributed by atoms with Gasteiger partial charge in [-0.1, -0.05) is 0 Å². The smallest absolute Gasteiger partial charge is 0.265 e. The molecule has 4 heterocycles. The summed E-state index contributed by atoms with van der Waals surface area (Å²) in [5.41, 5.74) is 0.981. The zero-order chi connectivity index (χ0) is 20.7. The van der Waals surface area contributed by atoms with Gasteiger partial charge >= 0.3 is 0 Å². The predicted octanol–water partition coefficient (Wildman–Crippen LogP) is 2.09. The molecule has 1 N–H and O–H groups in total. The van der Waals surface area contributed by atoms with Crippen LogP contribution < -0.4 is 10.9 Å². The van der Waals surface area contributed by atoms with Crippen molar-refractivity contribution in [1.29, 1.82) is 0 Å². The Hall–Kier alpha value is -3.01. The number of hydrogen-bond acceptors (Lipinski definition) is 7. The summed E-state index contributed by atoms with van der Waals surface area (Å²) in [5, 5.41) is 5.53. The Morgan fingerprint density at radius 3 is 2.66 bits per heavy atom. The van der Waals surface area contributed by atoms with Gasteiger partial charge in [-0.05, 0) is 26.7 Å². The topological polar surface area (TPSA) is 110 Å². The van der Waals surface area contributed by atoms with E-state index in [2.05, 4.69) is 15.3 Å². The van der Waals surface area contributed by atoms with E-state index in [1.54, 1.807) is 18.9 Å². The molecule has 4 rings (SSSR count). The van der Waals surface area contributed by atoms with Crippen molar-refractivity contribution in [1.82, 2.24) is 19.4 Å². The average molecular weight is 415 g/mol. The van der Waals surface area contributed by atoms with Crippen LogP contribution in [0.4, 0.5) is 5.13 Å². The van der Waals surface area contributed by atoms with Crippen molar-refractivity contribution in [3.8, 4) is 0 Å². The van der Waals surface area contributed by atoms with Gasteiger partial charge in [0.25, 0.3) is 11.5 Å². The largest absolute Gasteiger partial charge is 0.442 e. The molecule has 0 atom stereocenters. The van der Waals surface area contributed by atoms with Crippen LogP contribution >= 0.6 is 11.3 Å². The van der Waals surface area contributed by atoms with Crippen molar-refractivity contribution < 1.29 is 14.0 Å². The minimum absolute atomic E-state index is 0.0746. The lowest BCUT2D eigenvalue weighted by Crippen LogP contribution is -2.41. The molecule has 1 fully saturated rings. The molecule has 152 valence electrons. The third-order valence-electron chi connectivity index (χ3n) is 5.16. The molecule has 9 nitrogen and oxygen atoms in total. The number of carbonyl (C=O) groups excluding carboxylic acids is 2. The molecule has 0 aliphatic carbocycles. The molecule has 2 amide bonds. The quantitative estimate of drug-likeness (QED) is 0.701. The summed E-state index contributed by atoms with van der Waals surface area (Å²) in [4.78, 5) is 48.1. The van der Waals surface area contributed by atoms with Gasteiger partial charge < -0.3 is 19.2 Å². The minimum atomic E-state index is -0.316. The maximum Gasteiger partial charge on any atom is 0.265 e. The Morgan fingerprint density at radius 1 is 1.28 bits per heavy atom. The monoisotopic (exact) mass is 415 g/mol.